The summed E-state index contributed by atoms with van der Waals surface area (Å²) in [5, 5.41) is -0.160. The molecule has 1 aliphatic carbocycles. The lowest BCUT2D eigenvalue weighted by Gasteiger charge is -1.77. The van der Waals surface area contributed by atoms with Crippen LogP contribution in [0, 0.1) is 11.8 Å². The molecule has 0 aromatic carbocycles. The predicted octanol–water partition coefficient (Wildman–Crippen LogP) is 1.41. The standard InChI is InChI=1S/C5H7ClO/c1-3-2-4(3)5(6)7/h3-4H,2H2,1H3/t3-,4+/m1/s1. The van der Waals surface area contributed by atoms with E-state index in [1.807, 2.05) is 6.92 Å². The van der Waals surface area contributed by atoms with Gasteiger partial charge in [-0.05, 0) is 23.9 Å². The Kier molecular flexibility index (Phi) is 1.08. The summed E-state index contributed by atoms with van der Waals surface area (Å²) in [5.74, 6) is 0.756. The van der Waals surface area contributed by atoms with E-state index in [0.717, 1.165) is 6.42 Å². The zero-order valence-corrected chi connectivity index (χ0v) is 4.90. The molecule has 0 bridgehead atoms. The minimum absolute atomic E-state index is 0.160. The molecule has 0 unspecified atom stereocenters. The van der Waals surface area contributed by atoms with Crippen molar-refractivity contribution in [1.82, 2.24) is 0 Å². The minimum Gasteiger partial charge on any atom is -0.281 e. The van der Waals surface area contributed by atoms with Gasteiger partial charge in [-0.1, -0.05) is 6.92 Å². The van der Waals surface area contributed by atoms with Crippen molar-refractivity contribution < 1.29 is 4.79 Å². The second-order valence-electron chi connectivity index (χ2n) is 2.12. The lowest BCUT2D eigenvalue weighted by atomic mass is 10.4. The average molecular weight is 119 g/mol. The molecule has 1 saturated carbocycles. The zero-order chi connectivity index (χ0) is 5.44. The third kappa shape index (κ3) is 0.942. The molecule has 7 heavy (non-hydrogen) atoms. The highest BCUT2D eigenvalue weighted by molar-refractivity contribution is 6.64. The summed E-state index contributed by atoms with van der Waals surface area (Å²) in [7, 11) is 0. The van der Waals surface area contributed by atoms with Crippen molar-refractivity contribution in [1.29, 1.82) is 0 Å². The third-order valence-electron chi connectivity index (χ3n) is 1.40. The van der Waals surface area contributed by atoms with Crippen LogP contribution in [0.1, 0.15) is 13.3 Å². The highest BCUT2D eigenvalue weighted by Gasteiger charge is 2.37. The maximum absolute atomic E-state index is 10.2. The van der Waals surface area contributed by atoms with E-state index in [1.54, 1.807) is 0 Å². The molecule has 40 valence electrons. The van der Waals surface area contributed by atoms with Gasteiger partial charge in [-0.25, -0.2) is 0 Å². The van der Waals surface area contributed by atoms with Gasteiger partial charge in [-0.3, -0.25) is 4.79 Å². The van der Waals surface area contributed by atoms with Crippen molar-refractivity contribution in [3.05, 3.63) is 0 Å². The molecule has 0 N–H and O–H groups in total. The fourth-order valence-electron chi connectivity index (χ4n) is 0.638. The van der Waals surface area contributed by atoms with Crippen molar-refractivity contribution in [3.63, 3.8) is 0 Å². The molecule has 0 aromatic rings. The largest absolute Gasteiger partial charge is 0.281 e. The molecule has 0 aromatic heterocycles. The van der Waals surface area contributed by atoms with Crippen LogP contribution in [0.2, 0.25) is 0 Å². The van der Waals surface area contributed by atoms with Crippen LogP contribution in [0.5, 0.6) is 0 Å². The van der Waals surface area contributed by atoms with Crippen LogP contribution >= 0.6 is 11.6 Å². The van der Waals surface area contributed by atoms with Gasteiger partial charge in [0, 0.05) is 5.92 Å². The number of hydrogen-bond donors (Lipinski definition) is 0. The summed E-state index contributed by atoms with van der Waals surface area (Å²) >= 11 is 5.13. The quantitative estimate of drug-likeness (QED) is 0.476. The van der Waals surface area contributed by atoms with Crippen LogP contribution < -0.4 is 0 Å². The molecular weight excluding hydrogens is 112 g/mol. The number of rotatable bonds is 1. The summed E-state index contributed by atoms with van der Waals surface area (Å²) in [6.45, 7) is 2.03. The first-order valence-corrected chi connectivity index (χ1v) is 2.79. The van der Waals surface area contributed by atoms with Gasteiger partial charge in [0.25, 0.3) is 0 Å². The van der Waals surface area contributed by atoms with Crippen LogP contribution in [0.3, 0.4) is 0 Å². The molecule has 0 spiro atoms. The van der Waals surface area contributed by atoms with Gasteiger partial charge in [0.05, 0.1) is 0 Å². The van der Waals surface area contributed by atoms with E-state index in [2.05, 4.69) is 0 Å². The van der Waals surface area contributed by atoms with E-state index in [-0.39, 0.29) is 11.2 Å². The van der Waals surface area contributed by atoms with Gasteiger partial charge in [-0.15, -0.1) is 0 Å². The van der Waals surface area contributed by atoms with E-state index in [0.29, 0.717) is 5.92 Å². The van der Waals surface area contributed by atoms with Gasteiger partial charge < -0.3 is 0 Å². The first-order valence-electron chi connectivity index (χ1n) is 2.41. The molecule has 2 heteroatoms. The maximum atomic E-state index is 10.2. The fraction of sp³-hybridized carbons (Fsp3) is 0.800. The fourth-order valence-corrected chi connectivity index (χ4v) is 0.942. The number of halogens is 1. The molecule has 0 aliphatic heterocycles. The summed E-state index contributed by atoms with van der Waals surface area (Å²) < 4.78 is 0. The molecule has 1 rings (SSSR count). The van der Waals surface area contributed by atoms with Gasteiger partial charge in [0.2, 0.25) is 5.24 Å². The van der Waals surface area contributed by atoms with Gasteiger partial charge in [0.15, 0.2) is 0 Å². The number of carbonyl (C=O) groups is 1. The van der Waals surface area contributed by atoms with Crippen molar-refractivity contribution in [2.75, 3.05) is 0 Å². The molecular formula is C5H7ClO. The van der Waals surface area contributed by atoms with Crippen molar-refractivity contribution in [2.24, 2.45) is 11.8 Å². The predicted molar refractivity (Wildman–Crippen MR) is 28.1 cm³/mol. The van der Waals surface area contributed by atoms with Crippen LogP contribution in [0.4, 0.5) is 0 Å². The first kappa shape index (κ1) is 5.10. The molecule has 0 saturated heterocycles. The molecule has 0 radical (unpaired) electrons. The molecule has 0 heterocycles. The lowest BCUT2D eigenvalue weighted by Crippen LogP contribution is -1.87. The Balaban J connectivity index is 2.33. The average Bonchev–Trinajstić information content (AvgIpc) is 2.17. The Labute approximate surface area is 47.7 Å². The van der Waals surface area contributed by atoms with Gasteiger partial charge in [-0.2, -0.15) is 0 Å². The Morgan fingerprint density at radius 3 is 2.29 bits per heavy atom. The molecule has 2 atom stereocenters. The highest BCUT2D eigenvalue weighted by atomic mass is 35.5. The van der Waals surface area contributed by atoms with Crippen LogP contribution in [-0.4, -0.2) is 5.24 Å². The van der Waals surface area contributed by atoms with E-state index in [9.17, 15) is 4.79 Å². The minimum atomic E-state index is -0.160. The maximum Gasteiger partial charge on any atom is 0.224 e. The van der Waals surface area contributed by atoms with Crippen LogP contribution in [-0.2, 0) is 4.79 Å². The molecule has 1 nitrogen and oxygen atoms in total. The smallest absolute Gasteiger partial charge is 0.224 e. The van der Waals surface area contributed by atoms with E-state index >= 15 is 0 Å². The molecule has 1 aliphatic rings. The normalized spacial score (nSPS) is 38.0. The second-order valence-corrected chi connectivity index (χ2v) is 2.50. The van der Waals surface area contributed by atoms with E-state index in [1.165, 1.54) is 0 Å². The topological polar surface area (TPSA) is 17.1 Å². The first-order chi connectivity index (χ1) is 3.22. The Hall–Kier alpha value is -0.0400. The Bertz CT molecular complexity index is 100. The van der Waals surface area contributed by atoms with Gasteiger partial charge >= 0.3 is 0 Å². The second kappa shape index (κ2) is 1.48. The third-order valence-corrected chi connectivity index (χ3v) is 1.68. The van der Waals surface area contributed by atoms with Crippen molar-refractivity contribution in [2.45, 2.75) is 13.3 Å². The van der Waals surface area contributed by atoms with E-state index in [4.69, 9.17) is 11.6 Å². The Morgan fingerprint density at radius 1 is 1.86 bits per heavy atom. The molecule has 1 fully saturated rings. The zero-order valence-electron chi connectivity index (χ0n) is 4.15. The van der Waals surface area contributed by atoms with Crippen LogP contribution in [0.15, 0.2) is 0 Å². The summed E-state index contributed by atoms with van der Waals surface area (Å²) in [6.07, 6.45) is 1.00. The SMILES string of the molecule is C[C@@H]1C[C@@H]1C(=O)Cl. The Morgan fingerprint density at radius 2 is 2.29 bits per heavy atom. The number of hydrogen-bond acceptors (Lipinski definition) is 1. The summed E-state index contributed by atoms with van der Waals surface area (Å²) in [4.78, 5) is 10.2. The summed E-state index contributed by atoms with van der Waals surface area (Å²) in [5.41, 5.74) is 0. The molecule has 0 amide bonds. The summed E-state index contributed by atoms with van der Waals surface area (Å²) in [6, 6.07) is 0. The van der Waals surface area contributed by atoms with E-state index < -0.39 is 0 Å². The van der Waals surface area contributed by atoms with Crippen molar-refractivity contribution >= 4 is 16.8 Å². The number of carbonyl (C=O) groups excluding carboxylic acids is 1. The van der Waals surface area contributed by atoms with Gasteiger partial charge in [0.1, 0.15) is 0 Å². The highest BCUT2D eigenvalue weighted by Crippen LogP contribution is 2.39. The lowest BCUT2D eigenvalue weighted by molar-refractivity contribution is -0.112. The van der Waals surface area contributed by atoms with Crippen molar-refractivity contribution in [3.8, 4) is 0 Å². The monoisotopic (exact) mass is 118 g/mol. The van der Waals surface area contributed by atoms with Crippen LogP contribution in [0.25, 0.3) is 0 Å².